The summed E-state index contributed by atoms with van der Waals surface area (Å²) in [6.07, 6.45) is 3.17. The van der Waals surface area contributed by atoms with E-state index in [1.165, 1.54) is 19.3 Å². The maximum Gasteiger partial charge on any atom is 0.427 e. The Morgan fingerprint density at radius 1 is 1.17 bits per heavy atom. The largest absolute Gasteiger partial charge is 0.427 e. The van der Waals surface area contributed by atoms with Crippen LogP contribution in [-0.4, -0.2) is 42.0 Å². The van der Waals surface area contributed by atoms with Gasteiger partial charge in [0.15, 0.2) is 5.13 Å². The number of amides is 1. The minimum absolute atomic E-state index is 0.191. The van der Waals surface area contributed by atoms with Crippen molar-refractivity contribution >= 4 is 22.4 Å². The van der Waals surface area contributed by atoms with Gasteiger partial charge in [0.1, 0.15) is 4.88 Å². The van der Waals surface area contributed by atoms with Gasteiger partial charge in [-0.05, 0) is 18.8 Å². The van der Waals surface area contributed by atoms with E-state index in [1.807, 2.05) is 9.80 Å². The molecule has 2 heterocycles. The fraction of sp³-hybridized carbons (Fsp3) is 0.750. The number of anilines is 1. The first-order valence-corrected chi connectivity index (χ1v) is 9.31. The number of piperazine rings is 1. The van der Waals surface area contributed by atoms with Crippen LogP contribution in [0.25, 0.3) is 0 Å². The number of rotatable bonds is 3. The van der Waals surface area contributed by atoms with Crippen molar-refractivity contribution in [3.8, 4) is 0 Å². The van der Waals surface area contributed by atoms with Crippen LogP contribution < -0.4 is 4.90 Å². The van der Waals surface area contributed by atoms with Crippen molar-refractivity contribution in [2.75, 3.05) is 31.1 Å². The molecule has 0 unspecified atom stereocenters. The van der Waals surface area contributed by atoms with Crippen molar-refractivity contribution in [2.45, 2.75) is 44.7 Å². The second-order valence-electron chi connectivity index (χ2n) is 6.58. The maximum atomic E-state index is 12.7. The Kier molecular flexibility index (Phi) is 5.32. The normalized spacial score (nSPS) is 20.5. The number of carbonyl (C=O) groups excluding carboxylic acids is 1. The Bertz CT molecular complexity index is 561. The highest BCUT2D eigenvalue weighted by Gasteiger charge is 2.34. The van der Waals surface area contributed by atoms with Crippen LogP contribution >= 0.6 is 11.3 Å². The van der Waals surface area contributed by atoms with Crippen LogP contribution in [0.4, 0.5) is 18.3 Å². The summed E-state index contributed by atoms with van der Waals surface area (Å²) in [7, 11) is 0. The molecule has 0 radical (unpaired) electrons. The molecule has 1 aromatic rings. The van der Waals surface area contributed by atoms with Crippen molar-refractivity contribution in [2.24, 2.45) is 5.92 Å². The molecule has 1 aromatic heterocycles. The zero-order valence-corrected chi connectivity index (χ0v) is 14.3. The van der Waals surface area contributed by atoms with Crippen LogP contribution in [-0.2, 0) is 11.0 Å². The molecule has 0 spiro atoms. The van der Waals surface area contributed by atoms with E-state index < -0.39 is 11.1 Å². The van der Waals surface area contributed by atoms with Crippen LogP contribution in [0.5, 0.6) is 0 Å². The smallest absolute Gasteiger partial charge is 0.345 e. The van der Waals surface area contributed by atoms with E-state index in [4.69, 9.17) is 0 Å². The molecular formula is C16H22F3N3OS. The van der Waals surface area contributed by atoms with Crippen molar-refractivity contribution < 1.29 is 18.0 Å². The molecule has 134 valence electrons. The van der Waals surface area contributed by atoms with Crippen LogP contribution in [0.2, 0.25) is 0 Å². The van der Waals surface area contributed by atoms with E-state index in [9.17, 15) is 18.0 Å². The second kappa shape index (κ2) is 7.29. The van der Waals surface area contributed by atoms with Gasteiger partial charge in [-0.1, -0.05) is 30.6 Å². The summed E-state index contributed by atoms with van der Waals surface area (Å²) in [5, 5.41) is 0.390. The first-order chi connectivity index (χ1) is 11.4. The number of hydrogen-bond acceptors (Lipinski definition) is 4. The third-order valence-electron chi connectivity index (χ3n) is 4.86. The summed E-state index contributed by atoms with van der Waals surface area (Å²) >= 11 is 0.671. The number of aromatic nitrogens is 1. The van der Waals surface area contributed by atoms with Gasteiger partial charge in [-0.2, -0.15) is 13.2 Å². The van der Waals surface area contributed by atoms with Gasteiger partial charge < -0.3 is 9.80 Å². The highest BCUT2D eigenvalue weighted by atomic mass is 32.1. The lowest BCUT2D eigenvalue weighted by Gasteiger charge is -2.35. The highest BCUT2D eigenvalue weighted by Crippen LogP contribution is 2.36. The summed E-state index contributed by atoms with van der Waals surface area (Å²) in [6, 6.07) is 0. The molecule has 0 atom stereocenters. The summed E-state index contributed by atoms with van der Waals surface area (Å²) in [5.74, 6) is 0.703. The monoisotopic (exact) mass is 361 g/mol. The first-order valence-electron chi connectivity index (χ1n) is 8.49. The number of nitrogens with zero attached hydrogens (tertiary/aromatic N) is 3. The summed E-state index contributed by atoms with van der Waals surface area (Å²) in [4.78, 5) is 19.3. The average molecular weight is 361 g/mol. The Morgan fingerprint density at radius 3 is 2.42 bits per heavy atom. The third kappa shape index (κ3) is 4.20. The minimum atomic E-state index is -4.34. The molecule has 1 aliphatic carbocycles. The molecule has 1 aliphatic heterocycles. The molecule has 0 N–H and O–H groups in total. The molecule has 1 saturated heterocycles. The number of hydrogen-bond donors (Lipinski definition) is 0. The minimum Gasteiger partial charge on any atom is -0.345 e. The quantitative estimate of drug-likeness (QED) is 0.822. The lowest BCUT2D eigenvalue weighted by atomic mass is 9.86. The lowest BCUT2D eigenvalue weighted by molar-refractivity contribution is -0.134. The fourth-order valence-electron chi connectivity index (χ4n) is 3.46. The zero-order valence-electron chi connectivity index (χ0n) is 13.5. The van der Waals surface area contributed by atoms with Crippen LogP contribution in [0, 0.1) is 5.92 Å². The predicted molar refractivity (Wildman–Crippen MR) is 87.1 cm³/mol. The summed E-state index contributed by atoms with van der Waals surface area (Å²) < 4.78 is 38.0. The molecule has 24 heavy (non-hydrogen) atoms. The summed E-state index contributed by atoms with van der Waals surface area (Å²) in [5.41, 5.74) is 0. The van der Waals surface area contributed by atoms with Gasteiger partial charge in [-0.3, -0.25) is 4.79 Å². The SMILES string of the molecule is O=C(CC1CCCCC1)N1CCN(c2ncc(C(F)(F)F)s2)CC1. The molecule has 3 rings (SSSR count). The van der Waals surface area contributed by atoms with E-state index in [2.05, 4.69) is 4.98 Å². The molecule has 0 aromatic carbocycles. The maximum absolute atomic E-state index is 12.7. The molecule has 0 bridgehead atoms. The fourth-order valence-corrected chi connectivity index (χ4v) is 4.29. The molecule has 1 saturated carbocycles. The molecule has 8 heteroatoms. The van der Waals surface area contributed by atoms with E-state index in [-0.39, 0.29) is 5.91 Å². The van der Waals surface area contributed by atoms with Gasteiger partial charge in [-0.25, -0.2) is 4.98 Å². The number of thiazole rings is 1. The second-order valence-corrected chi connectivity index (χ2v) is 7.59. The Morgan fingerprint density at radius 2 is 1.83 bits per heavy atom. The third-order valence-corrected chi connectivity index (χ3v) is 5.97. The van der Waals surface area contributed by atoms with Crippen LogP contribution in [0.1, 0.15) is 43.4 Å². The van der Waals surface area contributed by atoms with Crippen molar-refractivity contribution in [1.29, 1.82) is 0 Å². The Labute approximate surface area is 143 Å². The van der Waals surface area contributed by atoms with Crippen molar-refractivity contribution in [3.05, 3.63) is 11.1 Å². The van der Waals surface area contributed by atoms with Gasteiger partial charge in [0.05, 0.1) is 6.20 Å². The van der Waals surface area contributed by atoms with Gasteiger partial charge in [0, 0.05) is 32.6 Å². The first kappa shape index (κ1) is 17.5. The van der Waals surface area contributed by atoms with Gasteiger partial charge >= 0.3 is 6.18 Å². The summed E-state index contributed by atoms with van der Waals surface area (Å²) in [6.45, 7) is 2.21. The number of halogens is 3. The van der Waals surface area contributed by atoms with E-state index in [0.717, 1.165) is 19.0 Å². The highest BCUT2D eigenvalue weighted by molar-refractivity contribution is 7.15. The molecular weight excluding hydrogens is 339 g/mol. The van der Waals surface area contributed by atoms with E-state index in [0.29, 0.717) is 55.0 Å². The topological polar surface area (TPSA) is 36.4 Å². The standard InChI is InChI=1S/C16H22F3N3OS/c17-16(18,19)13-11-20-15(24-13)22-8-6-21(7-9-22)14(23)10-12-4-2-1-3-5-12/h11-12H,1-10H2. The number of alkyl halides is 3. The van der Waals surface area contributed by atoms with E-state index >= 15 is 0 Å². The van der Waals surface area contributed by atoms with Gasteiger partial charge in [-0.15, -0.1) is 0 Å². The van der Waals surface area contributed by atoms with Crippen LogP contribution in [0.15, 0.2) is 6.20 Å². The molecule has 2 aliphatic rings. The van der Waals surface area contributed by atoms with Crippen LogP contribution in [0.3, 0.4) is 0 Å². The van der Waals surface area contributed by atoms with Gasteiger partial charge in [0.2, 0.25) is 5.91 Å². The van der Waals surface area contributed by atoms with E-state index in [1.54, 1.807) is 0 Å². The molecule has 4 nitrogen and oxygen atoms in total. The Balaban J connectivity index is 1.50. The average Bonchev–Trinajstić information content (AvgIpc) is 3.06. The predicted octanol–water partition coefficient (Wildman–Crippen LogP) is 3.78. The lowest BCUT2D eigenvalue weighted by Crippen LogP contribution is -2.49. The zero-order chi connectivity index (χ0) is 17.2. The Hall–Kier alpha value is -1.31. The number of carbonyl (C=O) groups is 1. The van der Waals surface area contributed by atoms with Crippen molar-refractivity contribution in [1.82, 2.24) is 9.88 Å². The molecule has 1 amide bonds. The van der Waals surface area contributed by atoms with Gasteiger partial charge in [0.25, 0.3) is 0 Å². The molecule has 2 fully saturated rings. The van der Waals surface area contributed by atoms with Crippen molar-refractivity contribution in [3.63, 3.8) is 0 Å².